The molecule has 15 heteroatoms. The molecular formula is C12HCl10O4P. The zero-order valence-electron chi connectivity index (χ0n) is 11.9. The molecule has 2 aromatic rings. The van der Waals surface area contributed by atoms with Gasteiger partial charge >= 0.3 is 7.82 Å². The molecule has 0 heterocycles. The van der Waals surface area contributed by atoms with E-state index in [9.17, 15) is 9.46 Å². The molecule has 27 heavy (non-hydrogen) atoms. The second-order valence-electron chi connectivity index (χ2n) is 4.45. The van der Waals surface area contributed by atoms with Gasteiger partial charge in [0.05, 0.1) is 30.1 Å². The van der Waals surface area contributed by atoms with Gasteiger partial charge in [0.25, 0.3) is 0 Å². The lowest BCUT2D eigenvalue weighted by molar-refractivity contribution is 0.291. The van der Waals surface area contributed by atoms with E-state index in [0.29, 0.717) is 0 Å². The maximum absolute atomic E-state index is 12.4. The van der Waals surface area contributed by atoms with Crippen LogP contribution in [0, 0.1) is 0 Å². The minimum Gasteiger partial charge on any atom is -0.392 e. The van der Waals surface area contributed by atoms with Crippen LogP contribution in [0.1, 0.15) is 0 Å². The first-order chi connectivity index (χ1) is 12.3. The van der Waals surface area contributed by atoms with E-state index in [-0.39, 0.29) is 30.1 Å². The van der Waals surface area contributed by atoms with E-state index in [1.807, 2.05) is 0 Å². The normalized spacial score (nSPS) is 11.7. The van der Waals surface area contributed by atoms with Crippen molar-refractivity contribution in [1.29, 1.82) is 0 Å². The van der Waals surface area contributed by atoms with Crippen LogP contribution in [0.3, 0.4) is 0 Å². The first kappa shape index (κ1) is 24.4. The van der Waals surface area contributed by atoms with E-state index in [4.69, 9.17) is 125 Å². The van der Waals surface area contributed by atoms with Gasteiger partial charge in [-0.15, -0.1) is 0 Å². The SMILES string of the molecule is O=P(O)(Oc1c(Cl)c(Cl)c(Cl)c(Cl)c1Cl)Oc1c(Cl)c(Cl)c(Cl)c(Cl)c1Cl. The maximum atomic E-state index is 12.4. The molecule has 0 saturated heterocycles. The quantitative estimate of drug-likeness (QED) is 0.218. The molecule has 148 valence electrons. The first-order valence-corrected chi connectivity index (χ1v) is 11.3. The zero-order chi connectivity index (χ0) is 20.8. The third kappa shape index (κ3) is 4.90. The number of hydrogen-bond donors (Lipinski definition) is 1. The summed E-state index contributed by atoms with van der Waals surface area (Å²) >= 11 is 58.9. The zero-order valence-corrected chi connectivity index (χ0v) is 20.4. The van der Waals surface area contributed by atoms with Crippen LogP contribution in [0.25, 0.3) is 0 Å². The second-order valence-corrected chi connectivity index (χ2v) is 9.53. The van der Waals surface area contributed by atoms with E-state index in [1.54, 1.807) is 0 Å². The minimum absolute atomic E-state index is 0.184. The fourth-order valence-corrected chi connectivity index (χ4v) is 5.05. The van der Waals surface area contributed by atoms with Crippen molar-refractivity contribution in [2.45, 2.75) is 0 Å². The molecule has 0 aromatic heterocycles. The molecule has 4 nitrogen and oxygen atoms in total. The van der Waals surface area contributed by atoms with E-state index >= 15 is 0 Å². The highest BCUT2D eigenvalue weighted by Gasteiger charge is 2.34. The van der Waals surface area contributed by atoms with Gasteiger partial charge in [0, 0.05) is 0 Å². The smallest absolute Gasteiger partial charge is 0.392 e. The summed E-state index contributed by atoms with van der Waals surface area (Å²) in [7, 11) is -5.01. The first-order valence-electron chi connectivity index (χ1n) is 6.05. The van der Waals surface area contributed by atoms with Crippen LogP contribution < -0.4 is 9.05 Å². The van der Waals surface area contributed by atoms with Crippen molar-refractivity contribution in [1.82, 2.24) is 0 Å². The molecule has 0 atom stereocenters. The Morgan fingerprint density at radius 3 is 0.889 bits per heavy atom. The third-order valence-corrected chi connectivity index (χ3v) is 8.06. The van der Waals surface area contributed by atoms with E-state index in [1.165, 1.54) is 0 Å². The van der Waals surface area contributed by atoms with Gasteiger partial charge in [-0.25, -0.2) is 4.57 Å². The largest absolute Gasteiger partial charge is 0.585 e. The van der Waals surface area contributed by atoms with Crippen molar-refractivity contribution >= 4 is 124 Å². The molecule has 1 N–H and O–H groups in total. The van der Waals surface area contributed by atoms with Crippen molar-refractivity contribution in [3.05, 3.63) is 50.2 Å². The van der Waals surface area contributed by atoms with Gasteiger partial charge in [-0.1, -0.05) is 116 Å². The highest BCUT2D eigenvalue weighted by molar-refractivity contribution is 7.48. The van der Waals surface area contributed by atoms with Gasteiger partial charge in [0.2, 0.25) is 0 Å². The molecular weight excluding hydrogens is 594 g/mol. The predicted octanol–water partition coefficient (Wildman–Crippen LogP) is 9.78. The van der Waals surface area contributed by atoms with Crippen LogP contribution in [0.2, 0.25) is 50.2 Å². The monoisotopic (exact) mass is 590 g/mol. The highest BCUT2D eigenvalue weighted by Crippen LogP contribution is 2.57. The van der Waals surface area contributed by atoms with Crippen molar-refractivity contribution in [2.75, 3.05) is 0 Å². The fourth-order valence-electron chi connectivity index (χ4n) is 1.58. The van der Waals surface area contributed by atoms with Crippen molar-refractivity contribution in [3.8, 4) is 11.5 Å². The summed E-state index contributed by atoms with van der Waals surface area (Å²) in [5.74, 6) is -1.14. The molecule has 0 spiro atoms. The average molecular weight is 595 g/mol. The number of phosphoric ester groups is 1. The Morgan fingerprint density at radius 1 is 0.481 bits per heavy atom. The maximum Gasteiger partial charge on any atom is 0.585 e. The molecule has 0 saturated carbocycles. The lowest BCUT2D eigenvalue weighted by Gasteiger charge is -2.19. The Morgan fingerprint density at radius 2 is 0.667 bits per heavy atom. The van der Waals surface area contributed by atoms with Crippen LogP contribution >= 0.6 is 124 Å². The molecule has 0 aliphatic carbocycles. The van der Waals surface area contributed by atoms with E-state index in [0.717, 1.165) is 0 Å². The Balaban J connectivity index is 2.51. The van der Waals surface area contributed by atoms with Crippen LogP contribution in [0.5, 0.6) is 11.5 Å². The van der Waals surface area contributed by atoms with Crippen molar-refractivity contribution in [2.24, 2.45) is 0 Å². The fraction of sp³-hybridized carbons (Fsp3) is 0. The molecule has 0 amide bonds. The second kappa shape index (κ2) is 9.09. The molecule has 2 rings (SSSR count). The van der Waals surface area contributed by atoms with Gasteiger partial charge in [0.1, 0.15) is 20.1 Å². The van der Waals surface area contributed by atoms with Crippen molar-refractivity contribution < 1.29 is 18.5 Å². The summed E-state index contributed by atoms with van der Waals surface area (Å²) in [6, 6.07) is 0. The van der Waals surface area contributed by atoms with Crippen LogP contribution in [0.4, 0.5) is 0 Å². The molecule has 0 aliphatic heterocycles. The lowest BCUT2D eigenvalue weighted by Crippen LogP contribution is -2.03. The lowest BCUT2D eigenvalue weighted by atomic mass is 10.3. The average Bonchev–Trinajstić information content (AvgIpc) is 2.62. The van der Waals surface area contributed by atoms with Gasteiger partial charge in [-0.3, -0.25) is 4.89 Å². The Kier molecular flexibility index (Phi) is 8.22. The summed E-state index contributed by atoms with van der Waals surface area (Å²) in [6.45, 7) is 0. The Bertz CT molecular complexity index is 862. The molecule has 0 radical (unpaired) electrons. The standard InChI is InChI=1S/C12HCl10O4P/c13-1-3(15)7(19)11(8(20)4(1)16)25-27(23,24)26-12-9(21)5(17)2(14)6(18)10(12)22/h(H,23,24). The summed E-state index contributed by atoms with van der Waals surface area (Å²) in [4.78, 5) is 10.1. The Labute approximate surface area is 202 Å². The molecule has 0 fully saturated rings. The third-order valence-electron chi connectivity index (χ3n) is 2.75. The van der Waals surface area contributed by atoms with Gasteiger partial charge in [-0.2, -0.15) is 0 Å². The van der Waals surface area contributed by atoms with Gasteiger partial charge in [-0.05, 0) is 0 Å². The Hall–Kier alpha value is 1.13. The number of hydrogen-bond acceptors (Lipinski definition) is 3. The van der Waals surface area contributed by atoms with E-state index in [2.05, 4.69) is 0 Å². The molecule has 0 bridgehead atoms. The molecule has 0 aliphatic rings. The number of rotatable bonds is 4. The van der Waals surface area contributed by atoms with Crippen LogP contribution in [0.15, 0.2) is 0 Å². The molecule has 0 unspecified atom stereocenters. The highest BCUT2D eigenvalue weighted by atomic mass is 35.5. The summed E-state index contributed by atoms with van der Waals surface area (Å²) < 4.78 is 22.1. The van der Waals surface area contributed by atoms with Crippen LogP contribution in [-0.4, -0.2) is 4.89 Å². The molecule has 2 aromatic carbocycles. The topological polar surface area (TPSA) is 55.8 Å². The van der Waals surface area contributed by atoms with E-state index < -0.39 is 39.4 Å². The summed E-state index contributed by atoms with van der Waals surface area (Å²) in [6.07, 6.45) is 0. The van der Waals surface area contributed by atoms with Crippen LogP contribution in [-0.2, 0) is 4.57 Å². The summed E-state index contributed by atoms with van der Waals surface area (Å²) in [5.41, 5.74) is 0. The summed E-state index contributed by atoms with van der Waals surface area (Å²) in [5, 5.41) is -3.00. The number of halogens is 10. The number of benzene rings is 2. The van der Waals surface area contributed by atoms with Gasteiger partial charge in [0.15, 0.2) is 11.5 Å². The minimum atomic E-state index is -5.01. The number of phosphoric acid groups is 1. The van der Waals surface area contributed by atoms with Crippen molar-refractivity contribution in [3.63, 3.8) is 0 Å². The van der Waals surface area contributed by atoms with Gasteiger partial charge < -0.3 is 9.05 Å². The predicted molar refractivity (Wildman–Crippen MR) is 114 cm³/mol.